The van der Waals surface area contributed by atoms with Crippen LogP contribution in [-0.4, -0.2) is 23.3 Å². The smallest absolute Gasteiger partial charge is 0.331 e. The van der Waals surface area contributed by atoms with Crippen molar-refractivity contribution in [1.29, 1.82) is 0 Å². The molecule has 0 spiro atoms. The van der Waals surface area contributed by atoms with E-state index in [1.54, 1.807) is 6.92 Å². The zero-order valence-electron chi connectivity index (χ0n) is 8.33. The van der Waals surface area contributed by atoms with Crippen molar-refractivity contribution in [2.24, 2.45) is 0 Å². The molecule has 0 bridgehead atoms. The Kier molecular flexibility index (Phi) is 3.09. The van der Waals surface area contributed by atoms with Crippen molar-refractivity contribution in [2.45, 2.75) is 45.8 Å². The van der Waals surface area contributed by atoms with E-state index in [1.165, 1.54) is 0 Å². The van der Waals surface area contributed by atoms with Crippen molar-refractivity contribution in [3.05, 3.63) is 11.1 Å². The summed E-state index contributed by atoms with van der Waals surface area (Å²) in [5.74, 6) is -0.809. The molecule has 0 saturated carbocycles. The molecule has 1 aliphatic rings. The molecule has 1 rings (SSSR count). The zero-order chi connectivity index (χ0) is 10.0. The van der Waals surface area contributed by atoms with Gasteiger partial charge in [0, 0.05) is 5.57 Å². The van der Waals surface area contributed by atoms with Crippen LogP contribution in [0.25, 0.3) is 0 Å². The van der Waals surface area contributed by atoms with Crippen LogP contribution in [0.5, 0.6) is 0 Å². The standard InChI is InChI=1S/C10H16O3/c1-6-4-9(5-7(2)13-6)8(3)10(11)12/h6-7H,4-5H2,1-3H3,(H,11,12). The Hall–Kier alpha value is -0.830. The molecule has 0 aliphatic carbocycles. The summed E-state index contributed by atoms with van der Waals surface area (Å²) in [6.07, 6.45) is 1.80. The molecule has 74 valence electrons. The van der Waals surface area contributed by atoms with Gasteiger partial charge in [0.2, 0.25) is 0 Å². The van der Waals surface area contributed by atoms with E-state index >= 15 is 0 Å². The number of ether oxygens (including phenoxy) is 1. The second kappa shape index (κ2) is 3.92. The van der Waals surface area contributed by atoms with Gasteiger partial charge >= 0.3 is 5.97 Å². The normalized spacial score (nSPS) is 28.7. The maximum atomic E-state index is 10.7. The summed E-state index contributed by atoms with van der Waals surface area (Å²) in [5, 5.41) is 8.81. The molecule has 0 aromatic heterocycles. The van der Waals surface area contributed by atoms with E-state index in [-0.39, 0.29) is 12.2 Å². The molecule has 1 fully saturated rings. The molecule has 1 saturated heterocycles. The summed E-state index contributed by atoms with van der Waals surface area (Å²) in [7, 11) is 0. The second-order valence-electron chi connectivity index (χ2n) is 3.70. The van der Waals surface area contributed by atoms with Gasteiger partial charge in [-0.1, -0.05) is 5.57 Å². The van der Waals surface area contributed by atoms with Gasteiger partial charge in [-0.3, -0.25) is 0 Å². The van der Waals surface area contributed by atoms with Crippen molar-refractivity contribution < 1.29 is 14.6 Å². The lowest BCUT2D eigenvalue weighted by Crippen LogP contribution is -2.25. The zero-order valence-corrected chi connectivity index (χ0v) is 8.33. The van der Waals surface area contributed by atoms with Crippen molar-refractivity contribution in [3.8, 4) is 0 Å². The van der Waals surface area contributed by atoms with Crippen LogP contribution in [0.1, 0.15) is 33.6 Å². The lowest BCUT2D eigenvalue weighted by atomic mass is 9.95. The number of carboxylic acid groups (broad SMARTS) is 1. The predicted octanol–water partition coefficient (Wildman–Crippen LogP) is 1.97. The molecule has 13 heavy (non-hydrogen) atoms. The molecular formula is C10H16O3. The second-order valence-corrected chi connectivity index (χ2v) is 3.70. The van der Waals surface area contributed by atoms with Crippen LogP contribution in [0, 0.1) is 0 Å². The summed E-state index contributed by atoms with van der Waals surface area (Å²) in [6.45, 7) is 5.62. The Morgan fingerprint density at radius 1 is 1.38 bits per heavy atom. The molecule has 0 radical (unpaired) electrons. The monoisotopic (exact) mass is 184 g/mol. The van der Waals surface area contributed by atoms with Crippen molar-refractivity contribution in [3.63, 3.8) is 0 Å². The van der Waals surface area contributed by atoms with Crippen LogP contribution >= 0.6 is 0 Å². The fraction of sp³-hybridized carbons (Fsp3) is 0.700. The summed E-state index contributed by atoms with van der Waals surface area (Å²) in [4.78, 5) is 10.7. The Balaban J connectivity index is 2.80. The third kappa shape index (κ3) is 2.56. The van der Waals surface area contributed by atoms with E-state index in [0.717, 1.165) is 18.4 Å². The average molecular weight is 184 g/mol. The first-order chi connectivity index (χ1) is 6.00. The maximum absolute atomic E-state index is 10.7. The van der Waals surface area contributed by atoms with E-state index in [9.17, 15) is 4.79 Å². The Bertz CT molecular complexity index is 231. The van der Waals surface area contributed by atoms with Gasteiger partial charge in [-0.2, -0.15) is 0 Å². The molecule has 3 nitrogen and oxygen atoms in total. The van der Waals surface area contributed by atoms with Gasteiger partial charge in [0.25, 0.3) is 0 Å². The fourth-order valence-corrected chi connectivity index (χ4v) is 1.73. The molecule has 1 N–H and O–H groups in total. The van der Waals surface area contributed by atoms with E-state index < -0.39 is 5.97 Å². The van der Waals surface area contributed by atoms with Crippen molar-refractivity contribution >= 4 is 5.97 Å². The van der Waals surface area contributed by atoms with Gasteiger partial charge in [-0.15, -0.1) is 0 Å². The fourth-order valence-electron chi connectivity index (χ4n) is 1.73. The highest BCUT2D eigenvalue weighted by Crippen LogP contribution is 2.26. The predicted molar refractivity (Wildman–Crippen MR) is 49.6 cm³/mol. The SMILES string of the molecule is CC(C(=O)O)=C1CC(C)OC(C)C1. The van der Waals surface area contributed by atoms with Gasteiger partial charge in [0.05, 0.1) is 12.2 Å². The molecule has 3 heteroatoms. The molecule has 2 unspecified atom stereocenters. The van der Waals surface area contributed by atoms with Crippen LogP contribution < -0.4 is 0 Å². The van der Waals surface area contributed by atoms with Crippen LogP contribution in [-0.2, 0) is 9.53 Å². The van der Waals surface area contributed by atoms with E-state index in [4.69, 9.17) is 9.84 Å². The van der Waals surface area contributed by atoms with Gasteiger partial charge in [-0.25, -0.2) is 4.79 Å². The van der Waals surface area contributed by atoms with Gasteiger partial charge in [-0.05, 0) is 33.6 Å². The van der Waals surface area contributed by atoms with E-state index in [1.807, 2.05) is 13.8 Å². The summed E-state index contributed by atoms with van der Waals surface area (Å²) in [5.41, 5.74) is 1.51. The Morgan fingerprint density at radius 3 is 2.23 bits per heavy atom. The number of hydrogen-bond acceptors (Lipinski definition) is 2. The summed E-state index contributed by atoms with van der Waals surface area (Å²) in [6, 6.07) is 0. The van der Waals surface area contributed by atoms with Gasteiger partial charge < -0.3 is 9.84 Å². The number of rotatable bonds is 1. The first-order valence-electron chi connectivity index (χ1n) is 4.58. The average Bonchev–Trinajstić information content (AvgIpc) is 2.01. The van der Waals surface area contributed by atoms with Crippen LogP contribution in [0.15, 0.2) is 11.1 Å². The van der Waals surface area contributed by atoms with Gasteiger partial charge in [0.15, 0.2) is 0 Å². The van der Waals surface area contributed by atoms with Crippen molar-refractivity contribution in [2.75, 3.05) is 0 Å². The molecule has 0 aromatic carbocycles. The molecule has 2 atom stereocenters. The van der Waals surface area contributed by atoms with E-state index in [2.05, 4.69) is 0 Å². The molecule has 0 aromatic rings. The first kappa shape index (κ1) is 10.3. The van der Waals surface area contributed by atoms with Crippen LogP contribution in [0.4, 0.5) is 0 Å². The molecule has 0 amide bonds. The van der Waals surface area contributed by atoms with Gasteiger partial charge in [0.1, 0.15) is 0 Å². The molecular weight excluding hydrogens is 168 g/mol. The largest absolute Gasteiger partial charge is 0.478 e. The highest BCUT2D eigenvalue weighted by molar-refractivity contribution is 5.86. The molecule has 1 aliphatic heterocycles. The minimum atomic E-state index is -0.809. The number of carbonyl (C=O) groups is 1. The summed E-state index contributed by atoms with van der Waals surface area (Å²) >= 11 is 0. The highest BCUT2D eigenvalue weighted by atomic mass is 16.5. The Labute approximate surface area is 78.4 Å². The minimum Gasteiger partial charge on any atom is -0.478 e. The van der Waals surface area contributed by atoms with E-state index in [0.29, 0.717) is 5.57 Å². The number of aliphatic carboxylic acids is 1. The lowest BCUT2D eigenvalue weighted by Gasteiger charge is -2.28. The third-order valence-corrected chi connectivity index (χ3v) is 2.38. The van der Waals surface area contributed by atoms with Crippen LogP contribution in [0.3, 0.4) is 0 Å². The topological polar surface area (TPSA) is 46.5 Å². The highest BCUT2D eigenvalue weighted by Gasteiger charge is 2.22. The Morgan fingerprint density at radius 2 is 1.85 bits per heavy atom. The number of hydrogen-bond donors (Lipinski definition) is 1. The maximum Gasteiger partial charge on any atom is 0.331 e. The minimum absolute atomic E-state index is 0.146. The summed E-state index contributed by atoms with van der Waals surface area (Å²) < 4.78 is 5.52. The van der Waals surface area contributed by atoms with Crippen LogP contribution in [0.2, 0.25) is 0 Å². The molecule has 1 heterocycles. The number of carboxylic acids is 1. The lowest BCUT2D eigenvalue weighted by molar-refractivity contribution is -0.132. The van der Waals surface area contributed by atoms with Crippen molar-refractivity contribution in [1.82, 2.24) is 0 Å². The quantitative estimate of drug-likeness (QED) is 0.634. The first-order valence-corrected chi connectivity index (χ1v) is 4.58. The third-order valence-electron chi connectivity index (χ3n) is 2.38.